The zero-order valence-electron chi connectivity index (χ0n) is 16.3. The third-order valence-electron chi connectivity index (χ3n) is 5.15. The van der Waals surface area contributed by atoms with Crippen molar-refractivity contribution in [2.45, 2.75) is 32.7 Å². The van der Waals surface area contributed by atoms with Crippen molar-refractivity contribution >= 4 is 11.8 Å². The third-order valence-corrected chi connectivity index (χ3v) is 5.15. The number of carbonyl (C=O) groups excluding carboxylic acids is 2. The van der Waals surface area contributed by atoms with Gasteiger partial charge in [-0.2, -0.15) is 5.26 Å². The zero-order chi connectivity index (χ0) is 20.1. The van der Waals surface area contributed by atoms with Crippen LogP contribution in [-0.2, 0) is 4.79 Å². The summed E-state index contributed by atoms with van der Waals surface area (Å²) in [6.45, 7) is 5.15. The summed E-state index contributed by atoms with van der Waals surface area (Å²) in [5.41, 5.74) is 2.62. The van der Waals surface area contributed by atoms with Crippen molar-refractivity contribution in [3.05, 3.63) is 59.7 Å². The lowest BCUT2D eigenvalue weighted by Crippen LogP contribution is -2.47. The molecule has 0 radical (unpaired) electrons. The molecular formula is C23H25N3O2. The summed E-state index contributed by atoms with van der Waals surface area (Å²) in [7, 11) is 0. The van der Waals surface area contributed by atoms with Crippen molar-refractivity contribution < 1.29 is 9.59 Å². The molecule has 0 spiro atoms. The van der Waals surface area contributed by atoms with Crippen LogP contribution in [0.4, 0.5) is 0 Å². The second kappa shape index (κ2) is 8.71. The molecule has 2 aromatic carbocycles. The van der Waals surface area contributed by atoms with Gasteiger partial charge < -0.3 is 10.2 Å². The fraction of sp³-hybridized carbons (Fsp3) is 0.348. The zero-order valence-corrected chi connectivity index (χ0v) is 16.3. The second-order valence-electron chi connectivity index (χ2n) is 7.43. The van der Waals surface area contributed by atoms with Gasteiger partial charge in [0, 0.05) is 36.2 Å². The molecule has 1 aliphatic heterocycles. The Balaban J connectivity index is 1.73. The van der Waals surface area contributed by atoms with Crippen LogP contribution in [0.1, 0.15) is 42.6 Å². The molecule has 0 bridgehead atoms. The molecule has 0 aromatic heterocycles. The van der Waals surface area contributed by atoms with Gasteiger partial charge in [-0.05, 0) is 30.5 Å². The molecule has 1 saturated heterocycles. The van der Waals surface area contributed by atoms with Crippen LogP contribution in [0, 0.1) is 17.2 Å². The number of benzene rings is 2. The van der Waals surface area contributed by atoms with Crippen LogP contribution in [-0.4, -0.2) is 35.8 Å². The van der Waals surface area contributed by atoms with E-state index in [2.05, 4.69) is 11.4 Å². The van der Waals surface area contributed by atoms with E-state index < -0.39 is 0 Å². The Morgan fingerprint density at radius 1 is 1.04 bits per heavy atom. The molecule has 1 aliphatic rings. The molecule has 5 nitrogen and oxygen atoms in total. The Morgan fingerprint density at radius 2 is 1.64 bits per heavy atom. The number of nitrogens with zero attached hydrogens (tertiary/aromatic N) is 2. The minimum Gasteiger partial charge on any atom is -0.349 e. The number of hydrogen-bond acceptors (Lipinski definition) is 3. The van der Waals surface area contributed by atoms with Crippen molar-refractivity contribution in [1.29, 1.82) is 5.26 Å². The van der Waals surface area contributed by atoms with Gasteiger partial charge >= 0.3 is 0 Å². The molecule has 0 saturated carbocycles. The first-order chi connectivity index (χ1) is 13.5. The first kappa shape index (κ1) is 19.6. The van der Waals surface area contributed by atoms with E-state index in [0.717, 1.165) is 24.0 Å². The maximum absolute atomic E-state index is 13.0. The Kier molecular flexibility index (Phi) is 6.10. The van der Waals surface area contributed by atoms with Crippen molar-refractivity contribution in [3.63, 3.8) is 0 Å². The fourth-order valence-corrected chi connectivity index (χ4v) is 3.60. The predicted molar refractivity (Wildman–Crippen MR) is 108 cm³/mol. The average molecular weight is 375 g/mol. The lowest BCUT2D eigenvalue weighted by molar-refractivity contribution is -0.135. The highest BCUT2D eigenvalue weighted by Gasteiger charge is 2.26. The van der Waals surface area contributed by atoms with E-state index in [1.165, 1.54) is 0 Å². The van der Waals surface area contributed by atoms with Crippen LogP contribution in [0.25, 0.3) is 11.1 Å². The Labute approximate surface area is 166 Å². The minimum absolute atomic E-state index is 0.00165. The molecule has 2 aromatic rings. The minimum atomic E-state index is -0.142. The standard InChI is InChI=1S/C23H25N3O2/c1-16(2)23(28)26-13-11-18(12-14-26)25-22(27)21-10-6-5-9-20(21)19-8-4-3-7-17(19)15-24/h3-10,16,18H,11-14H2,1-2H3,(H,25,27). The van der Waals surface area contributed by atoms with Gasteiger partial charge in [-0.1, -0.05) is 50.2 Å². The van der Waals surface area contributed by atoms with Gasteiger partial charge in [0.1, 0.15) is 0 Å². The van der Waals surface area contributed by atoms with Crippen molar-refractivity contribution in [2.24, 2.45) is 5.92 Å². The van der Waals surface area contributed by atoms with Crippen molar-refractivity contribution in [3.8, 4) is 17.2 Å². The van der Waals surface area contributed by atoms with Crippen molar-refractivity contribution in [2.75, 3.05) is 13.1 Å². The Morgan fingerprint density at radius 3 is 2.29 bits per heavy atom. The summed E-state index contributed by atoms with van der Waals surface area (Å²) in [4.78, 5) is 27.0. The molecule has 2 amide bonds. The number of carbonyl (C=O) groups is 2. The molecule has 28 heavy (non-hydrogen) atoms. The maximum Gasteiger partial charge on any atom is 0.252 e. The lowest BCUT2D eigenvalue weighted by Gasteiger charge is -2.33. The van der Waals surface area contributed by atoms with Gasteiger partial charge in [0.15, 0.2) is 0 Å². The summed E-state index contributed by atoms with van der Waals surface area (Å²) in [5.74, 6) is 0.0263. The molecule has 0 unspecified atom stereocenters. The topological polar surface area (TPSA) is 73.2 Å². The number of nitriles is 1. The SMILES string of the molecule is CC(C)C(=O)N1CCC(NC(=O)c2ccccc2-c2ccccc2C#N)CC1. The van der Waals surface area contributed by atoms with Gasteiger partial charge in [0.25, 0.3) is 5.91 Å². The van der Waals surface area contributed by atoms with Gasteiger partial charge in [0.2, 0.25) is 5.91 Å². The Bertz CT molecular complexity index is 906. The van der Waals surface area contributed by atoms with Crippen LogP contribution >= 0.6 is 0 Å². The number of nitrogens with one attached hydrogen (secondary N) is 1. The molecule has 1 heterocycles. The smallest absolute Gasteiger partial charge is 0.252 e. The van der Waals surface area contributed by atoms with Gasteiger partial charge in [-0.25, -0.2) is 0 Å². The van der Waals surface area contributed by atoms with Crippen LogP contribution in [0.15, 0.2) is 48.5 Å². The summed E-state index contributed by atoms with van der Waals surface area (Å²) >= 11 is 0. The monoisotopic (exact) mass is 375 g/mol. The number of amides is 2. The molecule has 0 aliphatic carbocycles. The molecule has 5 heteroatoms. The van der Waals surface area contributed by atoms with E-state index in [1.807, 2.05) is 55.1 Å². The molecule has 1 fully saturated rings. The van der Waals surface area contributed by atoms with E-state index in [1.54, 1.807) is 12.1 Å². The highest BCUT2D eigenvalue weighted by molar-refractivity contribution is 6.01. The van der Waals surface area contributed by atoms with Crippen LogP contribution in [0.5, 0.6) is 0 Å². The maximum atomic E-state index is 13.0. The number of likely N-dealkylation sites (tertiary alicyclic amines) is 1. The molecule has 1 N–H and O–H groups in total. The lowest BCUT2D eigenvalue weighted by atomic mass is 9.95. The summed E-state index contributed by atoms with van der Waals surface area (Å²) in [6, 6.07) is 16.9. The number of piperidine rings is 1. The summed E-state index contributed by atoms with van der Waals surface area (Å²) in [6.07, 6.45) is 1.50. The highest BCUT2D eigenvalue weighted by atomic mass is 16.2. The van der Waals surface area contributed by atoms with Gasteiger partial charge in [-0.15, -0.1) is 0 Å². The van der Waals surface area contributed by atoms with Gasteiger partial charge in [0.05, 0.1) is 11.6 Å². The van der Waals surface area contributed by atoms with Crippen molar-refractivity contribution in [1.82, 2.24) is 10.2 Å². The third kappa shape index (κ3) is 4.23. The van der Waals surface area contributed by atoms with E-state index in [4.69, 9.17) is 0 Å². The van der Waals surface area contributed by atoms with Gasteiger partial charge in [-0.3, -0.25) is 9.59 Å². The van der Waals surface area contributed by atoms with E-state index >= 15 is 0 Å². The molecule has 144 valence electrons. The fourth-order valence-electron chi connectivity index (χ4n) is 3.60. The van der Waals surface area contributed by atoms with E-state index in [0.29, 0.717) is 24.2 Å². The van der Waals surface area contributed by atoms with E-state index in [-0.39, 0.29) is 23.8 Å². The number of rotatable bonds is 4. The molecular weight excluding hydrogens is 350 g/mol. The van der Waals surface area contributed by atoms with Crippen LogP contribution in [0.3, 0.4) is 0 Å². The quantitative estimate of drug-likeness (QED) is 0.887. The number of hydrogen-bond donors (Lipinski definition) is 1. The normalized spacial score (nSPS) is 14.6. The largest absolute Gasteiger partial charge is 0.349 e. The average Bonchev–Trinajstić information content (AvgIpc) is 2.73. The predicted octanol–water partition coefficient (Wildman–Crippen LogP) is 3.60. The first-order valence-electron chi connectivity index (χ1n) is 9.69. The summed E-state index contributed by atoms with van der Waals surface area (Å²) < 4.78 is 0. The van der Waals surface area contributed by atoms with Crippen LogP contribution in [0.2, 0.25) is 0 Å². The summed E-state index contributed by atoms with van der Waals surface area (Å²) in [5, 5.41) is 12.5. The molecule has 3 rings (SSSR count). The van der Waals surface area contributed by atoms with E-state index in [9.17, 15) is 14.9 Å². The second-order valence-corrected chi connectivity index (χ2v) is 7.43. The highest BCUT2D eigenvalue weighted by Crippen LogP contribution is 2.27. The Hall–Kier alpha value is -3.13. The van der Waals surface area contributed by atoms with Crippen LogP contribution < -0.4 is 5.32 Å². The molecule has 0 atom stereocenters. The first-order valence-corrected chi connectivity index (χ1v) is 9.69.